The lowest BCUT2D eigenvalue weighted by Gasteiger charge is -2.15. The van der Waals surface area contributed by atoms with Gasteiger partial charge < -0.3 is 10.6 Å². The molecule has 0 aliphatic carbocycles. The van der Waals surface area contributed by atoms with Crippen molar-refractivity contribution in [1.29, 1.82) is 0 Å². The summed E-state index contributed by atoms with van der Waals surface area (Å²) < 4.78 is 0. The summed E-state index contributed by atoms with van der Waals surface area (Å²) in [7, 11) is 0. The van der Waals surface area contributed by atoms with Crippen molar-refractivity contribution >= 4 is 41.3 Å². The zero-order chi connectivity index (χ0) is 11.4. The smallest absolute Gasteiger partial charge is 0.191 e. The molecule has 0 saturated carbocycles. The molecule has 0 atom stereocenters. The van der Waals surface area contributed by atoms with Crippen LogP contribution in [0.4, 0.5) is 0 Å². The van der Waals surface area contributed by atoms with E-state index in [1.807, 2.05) is 0 Å². The molecule has 4 nitrogen and oxygen atoms in total. The van der Waals surface area contributed by atoms with Crippen LogP contribution in [0.1, 0.15) is 22.0 Å². The average molecular weight is 366 g/mol. The zero-order valence-corrected chi connectivity index (χ0v) is 13.4. The normalized spacial score (nSPS) is 14.6. The third-order valence-corrected chi connectivity index (χ3v) is 3.73. The second kappa shape index (κ2) is 7.15. The highest BCUT2D eigenvalue weighted by molar-refractivity contribution is 14.0. The summed E-state index contributed by atoms with van der Waals surface area (Å²) in [6, 6.07) is 0. The predicted octanol–water partition coefficient (Wildman–Crippen LogP) is 1.86. The Morgan fingerprint density at radius 1 is 1.41 bits per heavy atom. The van der Waals surface area contributed by atoms with Gasteiger partial charge >= 0.3 is 0 Å². The molecule has 1 aliphatic heterocycles. The lowest BCUT2D eigenvalue weighted by atomic mass is 10.4. The first kappa shape index (κ1) is 14.7. The highest BCUT2D eigenvalue weighted by atomic mass is 127. The summed E-state index contributed by atoms with van der Waals surface area (Å²) in [4.78, 5) is 10.2. The molecule has 0 aromatic carbocycles. The summed E-state index contributed by atoms with van der Waals surface area (Å²) in [6.45, 7) is 7.05. The molecule has 2 rings (SSSR count). The predicted molar refractivity (Wildman–Crippen MR) is 83.6 cm³/mol. The van der Waals surface area contributed by atoms with Crippen molar-refractivity contribution in [3.8, 4) is 0 Å². The number of halogens is 1. The molecule has 0 unspecified atom stereocenters. The third-order valence-electron chi connectivity index (χ3n) is 2.60. The van der Waals surface area contributed by atoms with Crippen LogP contribution in [0.15, 0.2) is 4.99 Å². The maximum Gasteiger partial charge on any atom is 0.191 e. The molecule has 0 amide bonds. The molecule has 1 aromatic rings. The van der Waals surface area contributed by atoms with Crippen molar-refractivity contribution in [3.63, 3.8) is 0 Å². The van der Waals surface area contributed by atoms with E-state index in [0.29, 0.717) is 0 Å². The SMILES string of the molecule is Cc1nc(CCNC2=NCCCN2)sc1C.I. The van der Waals surface area contributed by atoms with E-state index in [-0.39, 0.29) is 24.0 Å². The lowest BCUT2D eigenvalue weighted by Crippen LogP contribution is -2.41. The number of nitrogens with one attached hydrogen (secondary N) is 2. The number of hydrogen-bond acceptors (Lipinski definition) is 5. The molecule has 0 saturated heterocycles. The Kier molecular flexibility index (Phi) is 6.18. The van der Waals surface area contributed by atoms with Crippen molar-refractivity contribution in [2.75, 3.05) is 19.6 Å². The first-order valence-electron chi connectivity index (χ1n) is 5.71. The van der Waals surface area contributed by atoms with E-state index in [0.717, 1.165) is 44.1 Å². The van der Waals surface area contributed by atoms with E-state index in [1.54, 1.807) is 11.3 Å². The van der Waals surface area contributed by atoms with E-state index >= 15 is 0 Å². The van der Waals surface area contributed by atoms with E-state index in [9.17, 15) is 0 Å². The van der Waals surface area contributed by atoms with Gasteiger partial charge in [0.25, 0.3) is 0 Å². The van der Waals surface area contributed by atoms with Crippen LogP contribution < -0.4 is 10.6 Å². The van der Waals surface area contributed by atoms with Gasteiger partial charge in [-0.1, -0.05) is 0 Å². The Morgan fingerprint density at radius 2 is 2.24 bits per heavy atom. The summed E-state index contributed by atoms with van der Waals surface area (Å²) in [6.07, 6.45) is 2.11. The monoisotopic (exact) mass is 366 g/mol. The van der Waals surface area contributed by atoms with Crippen LogP contribution in [0.5, 0.6) is 0 Å². The Balaban J connectivity index is 0.00000144. The molecule has 0 spiro atoms. The van der Waals surface area contributed by atoms with Gasteiger partial charge in [0.15, 0.2) is 5.96 Å². The summed E-state index contributed by atoms with van der Waals surface area (Å²) in [5, 5.41) is 7.76. The van der Waals surface area contributed by atoms with Gasteiger partial charge in [-0.05, 0) is 20.3 Å². The lowest BCUT2D eigenvalue weighted by molar-refractivity contribution is 0.699. The van der Waals surface area contributed by atoms with E-state index in [2.05, 4.69) is 34.5 Å². The van der Waals surface area contributed by atoms with Gasteiger partial charge in [0, 0.05) is 30.9 Å². The summed E-state index contributed by atoms with van der Waals surface area (Å²) in [5.41, 5.74) is 1.16. The molecule has 2 heterocycles. The van der Waals surface area contributed by atoms with Gasteiger partial charge in [0.1, 0.15) is 0 Å². The number of aromatic nitrogens is 1. The maximum atomic E-state index is 4.51. The fraction of sp³-hybridized carbons (Fsp3) is 0.636. The molecule has 0 radical (unpaired) electrons. The number of hydrogen-bond donors (Lipinski definition) is 2. The highest BCUT2D eigenvalue weighted by Gasteiger charge is 2.05. The van der Waals surface area contributed by atoms with Crippen LogP contribution in [0.3, 0.4) is 0 Å². The van der Waals surface area contributed by atoms with Crippen molar-refractivity contribution in [3.05, 3.63) is 15.6 Å². The fourth-order valence-electron chi connectivity index (χ4n) is 1.58. The molecule has 0 bridgehead atoms. The largest absolute Gasteiger partial charge is 0.356 e. The van der Waals surface area contributed by atoms with Gasteiger partial charge in [-0.3, -0.25) is 4.99 Å². The van der Waals surface area contributed by atoms with E-state index in [1.165, 1.54) is 9.88 Å². The van der Waals surface area contributed by atoms with Gasteiger partial charge in [0.2, 0.25) is 0 Å². The summed E-state index contributed by atoms with van der Waals surface area (Å²) in [5.74, 6) is 0.941. The molecule has 17 heavy (non-hydrogen) atoms. The van der Waals surface area contributed by atoms with Crippen LogP contribution in [0, 0.1) is 13.8 Å². The minimum absolute atomic E-state index is 0. The second-order valence-corrected chi connectivity index (χ2v) is 5.22. The van der Waals surface area contributed by atoms with Crippen LogP contribution in [-0.4, -0.2) is 30.6 Å². The number of rotatable bonds is 3. The Hall–Kier alpha value is -0.370. The number of aryl methyl sites for hydroxylation is 2. The Labute approximate surface area is 123 Å². The Morgan fingerprint density at radius 3 is 2.82 bits per heavy atom. The molecule has 1 aromatic heterocycles. The van der Waals surface area contributed by atoms with Crippen molar-refractivity contribution in [2.45, 2.75) is 26.7 Å². The Bertz CT molecular complexity index is 369. The topological polar surface area (TPSA) is 49.3 Å². The van der Waals surface area contributed by atoms with Crippen LogP contribution in [0.25, 0.3) is 0 Å². The summed E-state index contributed by atoms with van der Waals surface area (Å²) >= 11 is 1.79. The number of aliphatic imine (C=N–C) groups is 1. The second-order valence-electron chi connectivity index (χ2n) is 3.94. The number of thiazole rings is 1. The van der Waals surface area contributed by atoms with Gasteiger partial charge in [0.05, 0.1) is 10.7 Å². The van der Waals surface area contributed by atoms with Crippen LogP contribution in [-0.2, 0) is 6.42 Å². The van der Waals surface area contributed by atoms with E-state index in [4.69, 9.17) is 0 Å². The minimum Gasteiger partial charge on any atom is -0.356 e. The van der Waals surface area contributed by atoms with Crippen LogP contribution in [0.2, 0.25) is 0 Å². The molecule has 6 heteroatoms. The quantitative estimate of drug-likeness (QED) is 0.803. The standard InChI is InChI=1S/C11H18N4S.HI/c1-8-9(2)16-10(15-8)4-7-14-11-12-5-3-6-13-11;/h3-7H2,1-2H3,(H2,12,13,14);1H. The molecule has 1 aliphatic rings. The van der Waals surface area contributed by atoms with Crippen LogP contribution >= 0.6 is 35.3 Å². The molecule has 96 valence electrons. The van der Waals surface area contributed by atoms with Crippen molar-refractivity contribution in [2.24, 2.45) is 4.99 Å². The van der Waals surface area contributed by atoms with E-state index < -0.39 is 0 Å². The molecular weight excluding hydrogens is 347 g/mol. The molecule has 2 N–H and O–H groups in total. The third kappa shape index (κ3) is 4.42. The number of nitrogens with zero attached hydrogens (tertiary/aromatic N) is 2. The zero-order valence-electron chi connectivity index (χ0n) is 10.2. The molecular formula is C11H19IN4S. The van der Waals surface area contributed by atoms with Gasteiger partial charge in [-0.25, -0.2) is 4.98 Å². The first-order chi connectivity index (χ1) is 7.75. The molecule has 0 fully saturated rings. The first-order valence-corrected chi connectivity index (χ1v) is 6.52. The maximum absolute atomic E-state index is 4.51. The minimum atomic E-state index is 0. The number of guanidine groups is 1. The van der Waals surface area contributed by atoms with Gasteiger partial charge in [-0.15, -0.1) is 35.3 Å². The van der Waals surface area contributed by atoms with Crippen molar-refractivity contribution in [1.82, 2.24) is 15.6 Å². The average Bonchev–Trinajstić information content (AvgIpc) is 2.60. The fourth-order valence-corrected chi connectivity index (χ4v) is 2.52. The highest BCUT2D eigenvalue weighted by Crippen LogP contribution is 2.16. The van der Waals surface area contributed by atoms with Crippen molar-refractivity contribution < 1.29 is 0 Å². The van der Waals surface area contributed by atoms with Gasteiger partial charge in [-0.2, -0.15) is 0 Å².